The van der Waals surface area contributed by atoms with Crippen LogP contribution in [0.2, 0.25) is 0 Å². The second-order valence-electron chi connectivity index (χ2n) is 4.47. The summed E-state index contributed by atoms with van der Waals surface area (Å²) in [7, 11) is 0. The normalized spacial score (nSPS) is 12.7. The van der Waals surface area contributed by atoms with Gasteiger partial charge in [0, 0.05) is 18.9 Å². The number of aromatic nitrogens is 3. The maximum absolute atomic E-state index is 6.33. The third-order valence-corrected chi connectivity index (χ3v) is 3.32. The summed E-state index contributed by atoms with van der Waals surface area (Å²) in [5.74, 6) is 0.886. The van der Waals surface area contributed by atoms with Gasteiger partial charge in [0.2, 0.25) is 0 Å². The van der Waals surface area contributed by atoms with Crippen molar-refractivity contribution in [3.63, 3.8) is 0 Å². The molecule has 0 aliphatic heterocycles. The molecule has 0 saturated carbocycles. The number of nitrogens with zero attached hydrogens (tertiary/aromatic N) is 3. The van der Waals surface area contributed by atoms with Gasteiger partial charge < -0.3 is 10.3 Å². The third kappa shape index (κ3) is 2.00. The molecule has 0 saturated heterocycles. The Morgan fingerprint density at radius 1 is 1.21 bits per heavy atom. The molecule has 1 atom stereocenters. The quantitative estimate of drug-likeness (QED) is 0.779. The molecule has 1 aromatic carbocycles. The summed E-state index contributed by atoms with van der Waals surface area (Å²) in [5.41, 5.74) is 9.42. The molecular formula is C15H16N4. The van der Waals surface area contributed by atoms with Gasteiger partial charge in [0.1, 0.15) is 5.82 Å². The number of hydrogen-bond donors (Lipinski definition) is 1. The smallest absolute Gasteiger partial charge is 0.131 e. The van der Waals surface area contributed by atoms with Gasteiger partial charge >= 0.3 is 0 Å². The number of pyridine rings is 1. The highest BCUT2D eigenvalue weighted by atomic mass is 15.1. The highest BCUT2D eigenvalue weighted by Crippen LogP contribution is 2.23. The molecule has 1 unspecified atom stereocenters. The molecule has 0 spiro atoms. The van der Waals surface area contributed by atoms with Crippen LogP contribution < -0.4 is 5.73 Å². The first kappa shape index (κ1) is 11.9. The van der Waals surface area contributed by atoms with Crippen molar-refractivity contribution in [1.29, 1.82) is 0 Å². The summed E-state index contributed by atoms with van der Waals surface area (Å²) in [6.45, 7) is 2.96. The van der Waals surface area contributed by atoms with E-state index in [1.165, 1.54) is 0 Å². The lowest BCUT2D eigenvalue weighted by atomic mass is 10.1. The van der Waals surface area contributed by atoms with Gasteiger partial charge in [-0.25, -0.2) is 4.98 Å². The summed E-state index contributed by atoms with van der Waals surface area (Å²) in [4.78, 5) is 8.79. The topological polar surface area (TPSA) is 56.7 Å². The van der Waals surface area contributed by atoms with Gasteiger partial charge in [-0.1, -0.05) is 18.2 Å². The van der Waals surface area contributed by atoms with E-state index < -0.39 is 0 Å². The Morgan fingerprint density at radius 2 is 2.05 bits per heavy atom. The Labute approximate surface area is 111 Å². The van der Waals surface area contributed by atoms with Gasteiger partial charge in [-0.05, 0) is 30.7 Å². The minimum Gasteiger partial charge on any atom is -0.327 e. The van der Waals surface area contributed by atoms with Crippen LogP contribution in [0, 0.1) is 0 Å². The largest absolute Gasteiger partial charge is 0.327 e. The zero-order chi connectivity index (χ0) is 13.2. The molecule has 0 fully saturated rings. The van der Waals surface area contributed by atoms with E-state index in [1.807, 2.05) is 30.3 Å². The van der Waals surface area contributed by atoms with Crippen LogP contribution in [0.1, 0.15) is 24.4 Å². The first-order valence-electron chi connectivity index (χ1n) is 6.42. The standard InChI is InChI=1S/C15H16N4/c1-2-19-13-8-4-3-7-12(13)18-15(19)14(16)11-6-5-9-17-10-11/h3-10,14H,2,16H2,1H3. The Hall–Kier alpha value is -2.20. The minimum atomic E-state index is -0.249. The highest BCUT2D eigenvalue weighted by molar-refractivity contribution is 5.76. The van der Waals surface area contributed by atoms with Crippen LogP contribution in [0.4, 0.5) is 0 Å². The van der Waals surface area contributed by atoms with Gasteiger partial charge in [0.05, 0.1) is 17.1 Å². The average molecular weight is 252 g/mol. The summed E-state index contributed by atoms with van der Waals surface area (Å²) >= 11 is 0. The van der Waals surface area contributed by atoms with Gasteiger partial charge in [-0.2, -0.15) is 0 Å². The number of benzene rings is 1. The Kier molecular flexibility index (Phi) is 3.01. The van der Waals surface area contributed by atoms with Crippen LogP contribution >= 0.6 is 0 Å². The predicted octanol–water partition coefficient (Wildman–Crippen LogP) is 2.50. The van der Waals surface area contributed by atoms with E-state index in [9.17, 15) is 0 Å². The lowest BCUT2D eigenvalue weighted by Crippen LogP contribution is -2.17. The molecule has 0 bridgehead atoms. The predicted molar refractivity (Wildman–Crippen MR) is 75.7 cm³/mol. The number of nitrogens with two attached hydrogens (primary N) is 1. The Balaban J connectivity index is 2.14. The maximum atomic E-state index is 6.33. The van der Waals surface area contributed by atoms with Crippen LogP contribution in [0.5, 0.6) is 0 Å². The lowest BCUT2D eigenvalue weighted by molar-refractivity contribution is 0.670. The van der Waals surface area contributed by atoms with Gasteiger partial charge in [0.15, 0.2) is 0 Å². The molecule has 96 valence electrons. The number of imidazole rings is 1. The zero-order valence-corrected chi connectivity index (χ0v) is 10.8. The van der Waals surface area contributed by atoms with E-state index in [1.54, 1.807) is 12.4 Å². The maximum Gasteiger partial charge on any atom is 0.131 e. The van der Waals surface area contributed by atoms with Crippen molar-refractivity contribution in [2.24, 2.45) is 5.73 Å². The van der Waals surface area contributed by atoms with Gasteiger partial charge in [-0.3, -0.25) is 4.98 Å². The molecule has 4 heteroatoms. The Bertz CT molecular complexity index is 688. The van der Waals surface area contributed by atoms with Crippen LogP contribution in [0.3, 0.4) is 0 Å². The van der Waals surface area contributed by atoms with E-state index in [0.717, 1.165) is 29.0 Å². The van der Waals surface area contributed by atoms with Crippen molar-refractivity contribution in [2.75, 3.05) is 0 Å². The summed E-state index contributed by atoms with van der Waals surface area (Å²) in [5, 5.41) is 0. The first-order chi connectivity index (χ1) is 9.31. The van der Waals surface area contributed by atoms with E-state index in [0.29, 0.717) is 0 Å². The second kappa shape index (κ2) is 4.82. The average Bonchev–Trinajstić information content (AvgIpc) is 2.85. The molecule has 2 aromatic heterocycles. The summed E-state index contributed by atoms with van der Waals surface area (Å²) in [6, 6.07) is 11.7. The molecule has 0 amide bonds. The zero-order valence-electron chi connectivity index (χ0n) is 10.8. The summed E-state index contributed by atoms with van der Waals surface area (Å²) in [6.07, 6.45) is 3.54. The molecule has 0 radical (unpaired) electrons. The first-order valence-corrected chi connectivity index (χ1v) is 6.42. The fourth-order valence-electron chi connectivity index (χ4n) is 2.37. The number of aryl methyl sites for hydroxylation is 1. The number of rotatable bonds is 3. The minimum absolute atomic E-state index is 0.249. The van der Waals surface area contributed by atoms with Gasteiger partial charge in [-0.15, -0.1) is 0 Å². The van der Waals surface area contributed by atoms with Crippen LogP contribution in [0.15, 0.2) is 48.8 Å². The molecule has 3 aromatic rings. The number of fused-ring (bicyclic) bond motifs is 1. The van der Waals surface area contributed by atoms with E-state index >= 15 is 0 Å². The molecule has 2 heterocycles. The molecular weight excluding hydrogens is 236 g/mol. The van der Waals surface area contributed by atoms with Crippen molar-refractivity contribution in [3.05, 3.63) is 60.2 Å². The van der Waals surface area contributed by atoms with E-state index in [2.05, 4.69) is 27.5 Å². The second-order valence-corrected chi connectivity index (χ2v) is 4.47. The van der Waals surface area contributed by atoms with E-state index in [-0.39, 0.29) is 6.04 Å². The molecule has 4 nitrogen and oxygen atoms in total. The third-order valence-electron chi connectivity index (χ3n) is 3.32. The van der Waals surface area contributed by atoms with Crippen LogP contribution in [-0.4, -0.2) is 14.5 Å². The van der Waals surface area contributed by atoms with Crippen molar-refractivity contribution < 1.29 is 0 Å². The van der Waals surface area contributed by atoms with Crippen molar-refractivity contribution in [3.8, 4) is 0 Å². The highest BCUT2D eigenvalue weighted by Gasteiger charge is 2.17. The number of hydrogen-bond acceptors (Lipinski definition) is 3. The molecule has 2 N–H and O–H groups in total. The SMILES string of the molecule is CCn1c(C(N)c2cccnc2)nc2ccccc21. The Morgan fingerprint density at radius 3 is 2.79 bits per heavy atom. The van der Waals surface area contributed by atoms with Gasteiger partial charge in [0.25, 0.3) is 0 Å². The lowest BCUT2D eigenvalue weighted by Gasteiger charge is -2.13. The fraction of sp³-hybridized carbons (Fsp3) is 0.200. The molecule has 3 rings (SSSR count). The summed E-state index contributed by atoms with van der Waals surface area (Å²) < 4.78 is 2.16. The molecule has 0 aliphatic carbocycles. The monoisotopic (exact) mass is 252 g/mol. The van der Waals surface area contributed by atoms with Crippen molar-refractivity contribution in [2.45, 2.75) is 19.5 Å². The van der Waals surface area contributed by atoms with Crippen LogP contribution in [-0.2, 0) is 6.54 Å². The number of para-hydroxylation sites is 2. The van der Waals surface area contributed by atoms with Crippen molar-refractivity contribution >= 4 is 11.0 Å². The molecule has 0 aliphatic rings. The molecule has 19 heavy (non-hydrogen) atoms. The van der Waals surface area contributed by atoms with Crippen LogP contribution in [0.25, 0.3) is 11.0 Å². The van der Waals surface area contributed by atoms with Crippen molar-refractivity contribution in [1.82, 2.24) is 14.5 Å². The fourth-order valence-corrected chi connectivity index (χ4v) is 2.37. The van der Waals surface area contributed by atoms with E-state index in [4.69, 9.17) is 5.73 Å².